The summed E-state index contributed by atoms with van der Waals surface area (Å²) in [6.45, 7) is 8.21. The Kier molecular flexibility index (Phi) is 7.32. The third kappa shape index (κ3) is 6.72. The Labute approximate surface area is 119 Å². The van der Waals surface area contributed by atoms with Crippen LogP contribution in [0.15, 0.2) is 0 Å². The van der Waals surface area contributed by atoms with Gasteiger partial charge in [-0.25, -0.2) is 4.79 Å². The van der Waals surface area contributed by atoms with Gasteiger partial charge in [0.05, 0.1) is 19.1 Å². The first kappa shape index (κ1) is 16.7. The number of amides is 2. The number of carboxylic acids is 1. The van der Waals surface area contributed by atoms with Crippen LogP contribution in [0.2, 0.25) is 0 Å². The second-order valence-electron chi connectivity index (χ2n) is 5.12. The molecule has 1 saturated heterocycles. The molecule has 116 valence electrons. The van der Waals surface area contributed by atoms with Crippen molar-refractivity contribution in [3.05, 3.63) is 0 Å². The summed E-state index contributed by atoms with van der Waals surface area (Å²) in [6, 6.07) is -0.0739. The molecule has 0 aromatic rings. The first-order valence-electron chi connectivity index (χ1n) is 7.07. The number of nitrogens with one attached hydrogen (secondary N) is 1. The average molecular weight is 287 g/mol. The summed E-state index contributed by atoms with van der Waals surface area (Å²) in [5.41, 5.74) is 0. The molecule has 0 aromatic carbocycles. The van der Waals surface area contributed by atoms with Crippen molar-refractivity contribution >= 4 is 12.0 Å². The van der Waals surface area contributed by atoms with E-state index in [4.69, 9.17) is 9.84 Å². The van der Waals surface area contributed by atoms with Crippen LogP contribution in [0.4, 0.5) is 4.79 Å². The molecule has 0 aromatic heterocycles. The summed E-state index contributed by atoms with van der Waals surface area (Å²) in [7, 11) is 0. The van der Waals surface area contributed by atoms with Crippen LogP contribution >= 0.6 is 0 Å². The highest BCUT2D eigenvalue weighted by Crippen LogP contribution is 2.02. The van der Waals surface area contributed by atoms with Crippen molar-refractivity contribution in [2.75, 3.05) is 45.9 Å². The minimum Gasteiger partial charge on any atom is -0.481 e. The van der Waals surface area contributed by atoms with Crippen molar-refractivity contribution in [1.82, 2.24) is 15.1 Å². The maximum absolute atomic E-state index is 11.9. The summed E-state index contributed by atoms with van der Waals surface area (Å²) in [5.74, 6) is -0.782. The summed E-state index contributed by atoms with van der Waals surface area (Å²) in [5, 5.41) is 11.5. The number of hydrogen-bond donors (Lipinski definition) is 2. The molecule has 1 fully saturated rings. The van der Waals surface area contributed by atoms with Crippen molar-refractivity contribution in [3.63, 3.8) is 0 Å². The molecular weight excluding hydrogens is 262 g/mol. The lowest BCUT2D eigenvalue weighted by molar-refractivity contribution is -0.137. The topological polar surface area (TPSA) is 82.1 Å². The molecule has 0 spiro atoms. The predicted octanol–water partition coefficient (Wildman–Crippen LogP) is 0.213. The normalized spacial score (nSPS) is 16.4. The Morgan fingerprint density at radius 2 is 1.90 bits per heavy atom. The summed E-state index contributed by atoms with van der Waals surface area (Å²) < 4.78 is 5.35. The minimum atomic E-state index is -0.782. The number of aliphatic carboxylic acids is 1. The molecule has 1 aliphatic rings. The smallest absolute Gasteiger partial charge is 0.317 e. The lowest BCUT2D eigenvalue weighted by Gasteiger charge is -2.34. The van der Waals surface area contributed by atoms with Gasteiger partial charge in [0.25, 0.3) is 0 Å². The molecule has 1 heterocycles. The van der Waals surface area contributed by atoms with Crippen LogP contribution in [0.3, 0.4) is 0 Å². The molecule has 20 heavy (non-hydrogen) atoms. The second-order valence-corrected chi connectivity index (χ2v) is 5.12. The highest BCUT2D eigenvalue weighted by Gasteiger charge is 2.20. The molecule has 7 heteroatoms. The largest absolute Gasteiger partial charge is 0.481 e. The molecule has 2 N–H and O–H groups in total. The van der Waals surface area contributed by atoms with Crippen LogP contribution in [0.5, 0.6) is 0 Å². The van der Waals surface area contributed by atoms with Crippen molar-refractivity contribution in [2.45, 2.75) is 26.4 Å². The molecule has 0 aliphatic carbocycles. The number of ether oxygens (including phenoxy) is 1. The monoisotopic (exact) mass is 287 g/mol. The van der Waals surface area contributed by atoms with E-state index in [1.54, 1.807) is 4.90 Å². The molecular formula is C13H25N3O4. The fourth-order valence-electron chi connectivity index (χ4n) is 1.99. The number of piperazine rings is 1. The molecule has 2 amide bonds. The molecule has 7 nitrogen and oxygen atoms in total. The van der Waals surface area contributed by atoms with Gasteiger partial charge in [-0.2, -0.15) is 0 Å². The quantitative estimate of drug-likeness (QED) is 0.654. The standard InChI is InChI=1S/C13H25N3O4/c1-11(2)20-10-4-14-13(19)16-8-6-15(7-9-16)5-3-12(17)18/h11H,3-10H2,1-2H3,(H,14,19)(H,17,18). The first-order valence-corrected chi connectivity index (χ1v) is 7.07. The van der Waals surface area contributed by atoms with Crippen molar-refractivity contribution in [1.29, 1.82) is 0 Å². The van der Waals surface area contributed by atoms with Gasteiger partial charge in [-0.1, -0.05) is 0 Å². The van der Waals surface area contributed by atoms with Gasteiger partial charge in [-0.15, -0.1) is 0 Å². The third-order valence-electron chi connectivity index (χ3n) is 3.13. The molecule has 1 aliphatic heterocycles. The third-order valence-corrected chi connectivity index (χ3v) is 3.13. The zero-order chi connectivity index (χ0) is 15.0. The van der Waals surface area contributed by atoms with Gasteiger partial charge in [0.15, 0.2) is 0 Å². The van der Waals surface area contributed by atoms with E-state index in [2.05, 4.69) is 10.2 Å². The van der Waals surface area contributed by atoms with Crippen LogP contribution in [-0.2, 0) is 9.53 Å². The number of hydrogen-bond acceptors (Lipinski definition) is 4. The number of urea groups is 1. The van der Waals surface area contributed by atoms with Crippen LogP contribution in [0, 0.1) is 0 Å². The Bertz CT molecular complexity index is 315. The van der Waals surface area contributed by atoms with E-state index in [1.807, 2.05) is 13.8 Å². The van der Waals surface area contributed by atoms with Crippen LogP contribution < -0.4 is 5.32 Å². The summed E-state index contributed by atoms with van der Waals surface area (Å²) >= 11 is 0. The number of carbonyl (C=O) groups excluding carboxylic acids is 1. The number of carbonyl (C=O) groups is 2. The van der Waals surface area contributed by atoms with Gasteiger partial charge < -0.3 is 20.1 Å². The van der Waals surface area contributed by atoms with Crippen LogP contribution in [0.1, 0.15) is 20.3 Å². The van der Waals surface area contributed by atoms with E-state index >= 15 is 0 Å². The van der Waals surface area contributed by atoms with Crippen molar-refractivity contribution < 1.29 is 19.4 Å². The van der Waals surface area contributed by atoms with Crippen LogP contribution in [0.25, 0.3) is 0 Å². The van der Waals surface area contributed by atoms with Gasteiger partial charge in [0.2, 0.25) is 0 Å². The van der Waals surface area contributed by atoms with E-state index < -0.39 is 5.97 Å². The molecule has 0 radical (unpaired) electrons. The SMILES string of the molecule is CC(C)OCCNC(=O)N1CCN(CCC(=O)O)CC1. The molecule has 0 unspecified atom stereocenters. The fraction of sp³-hybridized carbons (Fsp3) is 0.846. The van der Waals surface area contributed by atoms with E-state index in [1.165, 1.54) is 0 Å². The predicted molar refractivity (Wildman–Crippen MR) is 74.8 cm³/mol. The Balaban J connectivity index is 2.14. The van der Waals surface area contributed by atoms with Gasteiger partial charge in [0, 0.05) is 39.3 Å². The van der Waals surface area contributed by atoms with Crippen molar-refractivity contribution in [2.24, 2.45) is 0 Å². The maximum Gasteiger partial charge on any atom is 0.317 e. The number of carboxylic acid groups (broad SMARTS) is 1. The Morgan fingerprint density at radius 3 is 2.45 bits per heavy atom. The van der Waals surface area contributed by atoms with E-state index in [0.717, 1.165) is 13.1 Å². The van der Waals surface area contributed by atoms with E-state index in [9.17, 15) is 9.59 Å². The molecule has 0 atom stereocenters. The molecule has 0 bridgehead atoms. The van der Waals surface area contributed by atoms with Crippen LogP contribution in [-0.4, -0.2) is 78.9 Å². The molecule has 1 rings (SSSR count). The highest BCUT2D eigenvalue weighted by molar-refractivity contribution is 5.74. The minimum absolute atomic E-state index is 0.0739. The van der Waals surface area contributed by atoms with E-state index in [-0.39, 0.29) is 18.6 Å². The fourth-order valence-corrected chi connectivity index (χ4v) is 1.99. The Morgan fingerprint density at radius 1 is 1.25 bits per heavy atom. The second kappa shape index (κ2) is 8.76. The first-order chi connectivity index (χ1) is 9.49. The number of nitrogens with zero attached hydrogens (tertiary/aromatic N) is 2. The van der Waals surface area contributed by atoms with Gasteiger partial charge in [-0.3, -0.25) is 9.69 Å². The van der Waals surface area contributed by atoms with Gasteiger partial charge in [-0.05, 0) is 13.8 Å². The maximum atomic E-state index is 11.9. The summed E-state index contributed by atoms with van der Waals surface area (Å²) in [4.78, 5) is 26.2. The van der Waals surface area contributed by atoms with Gasteiger partial charge in [0.1, 0.15) is 0 Å². The Hall–Kier alpha value is -1.34. The average Bonchev–Trinajstić information content (AvgIpc) is 2.41. The number of rotatable bonds is 7. The van der Waals surface area contributed by atoms with E-state index in [0.29, 0.717) is 32.8 Å². The lowest BCUT2D eigenvalue weighted by atomic mass is 10.3. The van der Waals surface area contributed by atoms with Crippen molar-refractivity contribution in [3.8, 4) is 0 Å². The van der Waals surface area contributed by atoms with Gasteiger partial charge >= 0.3 is 12.0 Å². The highest BCUT2D eigenvalue weighted by atomic mass is 16.5. The lowest BCUT2D eigenvalue weighted by Crippen LogP contribution is -2.52. The summed E-state index contributed by atoms with van der Waals surface area (Å²) in [6.07, 6.45) is 0.323. The zero-order valence-corrected chi connectivity index (χ0v) is 12.3. The molecule has 0 saturated carbocycles. The zero-order valence-electron chi connectivity index (χ0n) is 12.3.